The lowest BCUT2D eigenvalue weighted by atomic mass is 9.92. The second-order valence-electron chi connectivity index (χ2n) is 9.13. The number of alkyl halides is 3. The molecular formula is C30H28F3NO6S. The third kappa shape index (κ3) is 6.97. The van der Waals surface area contributed by atoms with Gasteiger partial charge in [-0.3, -0.25) is 4.79 Å². The van der Waals surface area contributed by atoms with Crippen molar-refractivity contribution in [2.75, 3.05) is 13.2 Å². The Hall–Kier alpha value is -4.12. The van der Waals surface area contributed by atoms with E-state index < -0.39 is 32.1 Å². The Labute approximate surface area is 235 Å². The van der Waals surface area contributed by atoms with Crippen molar-refractivity contribution in [3.8, 4) is 17.2 Å². The number of sulfone groups is 1. The zero-order chi connectivity index (χ0) is 29.6. The maximum Gasteiger partial charge on any atom is 0.501 e. The minimum atomic E-state index is -5.69. The van der Waals surface area contributed by atoms with E-state index in [1.54, 1.807) is 31.2 Å². The normalized spacial score (nSPS) is 12.6. The van der Waals surface area contributed by atoms with Crippen LogP contribution in [0, 0.1) is 6.92 Å². The zero-order valence-corrected chi connectivity index (χ0v) is 23.2. The van der Waals surface area contributed by atoms with Gasteiger partial charge in [0.25, 0.3) is 9.84 Å². The molecule has 0 fully saturated rings. The van der Waals surface area contributed by atoms with Crippen LogP contribution in [-0.2, 0) is 32.2 Å². The minimum Gasteiger partial charge on any atom is -0.493 e. The molecule has 1 unspecified atom stereocenters. The van der Waals surface area contributed by atoms with Gasteiger partial charge in [0, 0.05) is 12.0 Å². The van der Waals surface area contributed by atoms with Crippen molar-refractivity contribution in [3.63, 3.8) is 0 Å². The van der Waals surface area contributed by atoms with E-state index in [1.165, 1.54) is 18.2 Å². The largest absolute Gasteiger partial charge is 0.501 e. The quantitative estimate of drug-likeness (QED) is 0.186. The van der Waals surface area contributed by atoms with Crippen molar-refractivity contribution < 1.29 is 40.3 Å². The number of carbonyl (C=O) groups excluding carboxylic acids is 1. The molecule has 0 saturated heterocycles. The molecule has 1 aromatic heterocycles. The lowest BCUT2D eigenvalue weighted by Crippen LogP contribution is -2.27. The number of oxazole rings is 1. The number of carbonyl (C=O) groups is 1. The van der Waals surface area contributed by atoms with Crippen molar-refractivity contribution in [1.29, 1.82) is 0 Å². The molecule has 0 aliphatic carbocycles. The van der Waals surface area contributed by atoms with Crippen molar-refractivity contribution >= 4 is 15.8 Å². The summed E-state index contributed by atoms with van der Waals surface area (Å²) in [5.74, 6) is -0.339. The SMILES string of the molecule is CCOC(=O)C(Cc1ccc(OCCc2nc(-c3ccccc3)oc2C)cc1)c1ccccc1S(=O)(=O)C(F)(F)F. The van der Waals surface area contributed by atoms with Gasteiger partial charge >= 0.3 is 11.5 Å². The summed E-state index contributed by atoms with van der Waals surface area (Å²) < 4.78 is 81.3. The van der Waals surface area contributed by atoms with Crippen molar-refractivity contribution in [2.24, 2.45) is 0 Å². The first kappa shape index (κ1) is 29.9. The average molecular weight is 588 g/mol. The third-order valence-electron chi connectivity index (χ3n) is 6.34. The molecular weight excluding hydrogens is 559 g/mol. The number of esters is 1. The van der Waals surface area contributed by atoms with Crippen LogP contribution in [0.4, 0.5) is 13.2 Å². The third-order valence-corrected chi connectivity index (χ3v) is 7.90. The second kappa shape index (κ2) is 12.6. The van der Waals surface area contributed by atoms with Crippen LogP contribution in [0.1, 0.15) is 35.4 Å². The molecule has 4 rings (SSSR count). The maximum absolute atomic E-state index is 13.4. The Bertz CT molecular complexity index is 1580. The molecule has 0 spiro atoms. The fourth-order valence-electron chi connectivity index (χ4n) is 4.29. The van der Waals surface area contributed by atoms with Crippen LogP contribution >= 0.6 is 0 Å². The van der Waals surface area contributed by atoms with Crippen LogP contribution < -0.4 is 4.74 Å². The first-order valence-corrected chi connectivity index (χ1v) is 14.3. The van der Waals surface area contributed by atoms with Crippen LogP contribution in [0.3, 0.4) is 0 Å². The fraction of sp³-hybridized carbons (Fsp3) is 0.267. The Morgan fingerprint density at radius 3 is 2.29 bits per heavy atom. The zero-order valence-electron chi connectivity index (χ0n) is 22.4. The molecule has 7 nitrogen and oxygen atoms in total. The molecule has 216 valence electrons. The number of rotatable bonds is 11. The summed E-state index contributed by atoms with van der Waals surface area (Å²) in [5, 5.41) is 0. The Morgan fingerprint density at radius 1 is 0.976 bits per heavy atom. The van der Waals surface area contributed by atoms with Gasteiger partial charge in [-0.25, -0.2) is 13.4 Å². The van der Waals surface area contributed by atoms with E-state index in [-0.39, 0.29) is 18.6 Å². The molecule has 0 saturated carbocycles. The van der Waals surface area contributed by atoms with Gasteiger partial charge in [0.2, 0.25) is 5.89 Å². The molecule has 0 amide bonds. The molecule has 0 N–H and O–H groups in total. The number of nitrogens with zero attached hydrogens (tertiary/aromatic N) is 1. The highest BCUT2D eigenvalue weighted by atomic mass is 32.2. The van der Waals surface area contributed by atoms with Crippen molar-refractivity contribution in [2.45, 2.75) is 43.0 Å². The smallest absolute Gasteiger partial charge is 0.493 e. The Balaban J connectivity index is 1.47. The molecule has 4 aromatic rings. The molecule has 11 heteroatoms. The van der Waals surface area contributed by atoms with Gasteiger partial charge in [0.1, 0.15) is 11.5 Å². The highest BCUT2D eigenvalue weighted by Crippen LogP contribution is 2.36. The number of benzene rings is 3. The number of hydrogen-bond acceptors (Lipinski definition) is 7. The van der Waals surface area contributed by atoms with E-state index in [2.05, 4.69) is 4.98 Å². The molecule has 1 atom stereocenters. The van der Waals surface area contributed by atoms with E-state index in [0.29, 0.717) is 36.0 Å². The first-order chi connectivity index (χ1) is 19.5. The van der Waals surface area contributed by atoms with Crippen LogP contribution in [0.25, 0.3) is 11.5 Å². The van der Waals surface area contributed by atoms with Gasteiger partial charge in [-0.1, -0.05) is 48.5 Å². The number of aryl methyl sites for hydroxylation is 1. The minimum absolute atomic E-state index is 0.0197. The average Bonchev–Trinajstić information content (AvgIpc) is 3.32. The van der Waals surface area contributed by atoms with E-state index in [9.17, 15) is 26.4 Å². The Morgan fingerprint density at radius 2 is 1.63 bits per heavy atom. The molecule has 1 heterocycles. The molecule has 0 bridgehead atoms. The summed E-state index contributed by atoms with van der Waals surface area (Å²) in [6.45, 7) is 3.69. The first-order valence-electron chi connectivity index (χ1n) is 12.8. The fourth-order valence-corrected chi connectivity index (χ4v) is 5.32. The predicted molar refractivity (Wildman–Crippen MR) is 145 cm³/mol. The number of hydrogen-bond donors (Lipinski definition) is 0. The van der Waals surface area contributed by atoms with Crippen molar-refractivity contribution in [1.82, 2.24) is 4.98 Å². The van der Waals surface area contributed by atoms with Crippen molar-refractivity contribution in [3.05, 3.63) is 101 Å². The molecule has 3 aromatic carbocycles. The van der Waals surface area contributed by atoms with Crippen LogP contribution in [0.2, 0.25) is 0 Å². The number of ether oxygens (including phenoxy) is 2. The predicted octanol–water partition coefficient (Wildman–Crippen LogP) is 6.45. The molecule has 0 aliphatic heterocycles. The van der Waals surface area contributed by atoms with Crippen LogP contribution in [-0.4, -0.2) is 38.1 Å². The summed E-state index contributed by atoms with van der Waals surface area (Å²) in [4.78, 5) is 16.4. The van der Waals surface area contributed by atoms with E-state index >= 15 is 0 Å². The maximum atomic E-state index is 13.4. The van der Waals surface area contributed by atoms with Gasteiger partial charge in [-0.2, -0.15) is 13.2 Å². The summed E-state index contributed by atoms with van der Waals surface area (Å²) in [6, 6.07) is 20.8. The summed E-state index contributed by atoms with van der Waals surface area (Å²) in [5.41, 5.74) is -3.58. The molecule has 41 heavy (non-hydrogen) atoms. The summed E-state index contributed by atoms with van der Waals surface area (Å²) in [7, 11) is -5.69. The van der Waals surface area contributed by atoms with E-state index in [1.807, 2.05) is 37.3 Å². The van der Waals surface area contributed by atoms with E-state index in [4.69, 9.17) is 13.9 Å². The monoisotopic (exact) mass is 587 g/mol. The number of aromatic nitrogens is 1. The van der Waals surface area contributed by atoms with Gasteiger partial charge in [0.15, 0.2) is 0 Å². The van der Waals surface area contributed by atoms with Gasteiger partial charge in [-0.15, -0.1) is 0 Å². The van der Waals surface area contributed by atoms with E-state index in [0.717, 1.165) is 17.3 Å². The highest BCUT2D eigenvalue weighted by molar-refractivity contribution is 7.92. The van der Waals surface area contributed by atoms with Gasteiger partial charge in [0.05, 0.1) is 29.7 Å². The molecule has 0 aliphatic rings. The number of halogens is 3. The van der Waals surface area contributed by atoms with Gasteiger partial charge in [-0.05, 0) is 61.7 Å². The van der Waals surface area contributed by atoms with Crippen LogP contribution in [0.5, 0.6) is 5.75 Å². The highest BCUT2D eigenvalue weighted by Gasteiger charge is 2.48. The summed E-state index contributed by atoms with van der Waals surface area (Å²) >= 11 is 0. The second-order valence-corrected chi connectivity index (χ2v) is 11.0. The molecule has 0 radical (unpaired) electrons. The lowest BCUT2D eigenvalue weighted by Gasteiger charge is -2.20. The van der Waals surface area contributed by atoms with Crippen LogP contribution in [0.15, 0.2) is 88.2 Å². The topological polar surface area (TPSA) is 95.7 Å². The standard InChI is InChI=1S/C30H28F3NO6S/c1-3-38-29(35)25(24-11-7-8-12-27(24)41(36,37)30(31,32)33)19-21-13-15-23(16-14-21)39-18-17-26-20(2)40-28(34-26)22-9-5-4-6-10-22/h4-16,25H,3,17-19H2,1-2H3. The van der Waals surface area contributed by atoms with Gasteiger partial charge < -0.3 is 13.9 Å². The summed E-state index contributed by atoms with van der Waals surface area (Å²) in [6.07, 6.45) is 0.420. The Kier molecular flexibility index (Phi) is 9.17. The lowest BCUT2D eigenvalue weighted by molar-refractivity contribution is -0.145.